The van der Waals surface area contributed by atoms with Crippen molar-refractivity contribution in [1.82, 2.24) is 0 Å². The van der Waals surface area contributed by atoms with E-state index >= 15 is 0 Å². The van der Waals surface area contributed by atoms with Crippen LogP contribution in [0.2, 0.25) is 0 Å². The number of rotatable bonds is 3. The number of hydrogen-bond acceptors (Lipinski definition) is 3. The van der Waals surface area contributed by atoms with Crippen LogP contribution in [0.5, 0.6) is 0 Å². The molecule has 19 heavy (non-hydrogen) atoms. The first kappa shape index (κ1) is 13.9. The minimum atomic E-state index is -0.536. The quantitative estimate of drug-likeness (QED) is 0.830. The number of nitrogens with two attached hydrogens (primary N) is 1. The Morgan fingerprint density at radius 1 is 1.42 bits per heavy atom. The number of carbonyl (C=O) groups excluding carboxylic acids is 1. The molecule has 1 aromatic rings. The Morgan fingerprint density at radius 3 is 2.68 bits per heavy atom. The molecular formula is C13H15FN2O2S. The predicted octanol–water partition coefficient (Wildman–Crippen LogP) is 1.83. The summed E-state index contributed by atoms with van der Waals surface area (Å²) >= 11 is 4.77. The summed E-state index contributed by atoms with van der Waals surface area (Å²) in [6.45, 7) is 1.14. The Labute approximate surface area is 116 Å². The first-order valence-electron chi connectivity index (χ1n) is 6.06. The van der Waals surface area contributed by atoms with Gasteiger partial charge in [0.15, 0.2) is 0 Å². The molecule has 0 spiro atoms. The van der Waals surface area contributed by atoms with E-state index in [4.69, 9.17) is 22.7 Å². The van der Waals surface area contributed by atoms with E-state index in [0.29, 0.717) is 31.6 Å². The molecule has 3 N–H and O–H groups in total. The fraction of sp³-hybridized carbons (Fsp3) is 0.385. The lowest BCUT2D eigenvalue weighted by Gasteiger charge is -2.21. The van der Waals surface area contributed by atoms with Crippen LogP contribution in [0.15, 0.2) is 18.2 Å². The third-order valence-electron chi connectivity index (χ3n) is 3.10. The number of nitrogens with one attached hydrogen (secondary N) is 1. The van der Waals surface area contributed by atoms with Crippen molar-refractivity contribution in [3.63, 3.8) is 0 Å². The number of hydrogen-bond donors (Lipinski definition) is 2. The van der Waals surface area contributed by atoms with Gasteiger partial charge in [0.2, 0.25) is 5.91 Å². The third-order valence-corrected chi connectivity index (χ3v) is 3.34. The first-order valence-corrected chi connectivity index (χ1v) is 6.46. The molecule has 1 fully saturated rings. The maximum atomic E-state index is 13.8. The minimum Gasteiger partial charge on any atom is -0.389 e. The van der Waals surface area contributed by atoms with Crippen LogP contribution in [0.3, 0.4) is 0 Å². The average molecular weight is 282 g/mol. The van der Waals surface area contributed by atoms with Crippen molar-refractivity contribution in [2.24, 2.45) is 11.7 Å². The third kappa shape index (κ3) is 3.48. The van der Waals surface area contributed by atoms with Gasteiger partial charge < -0.3 is 15.8 Å². The number of anilines is 1. The lowest BCUT2D eigenvalue weighted by Crippen LogP contribution is -2.28. The molecule has 0 unspecified atom stereocenters. The molecule has 1 aromatic carbocycles. The number of benzene rings is 1. The number of ether oxygens (including phenoxy) is 1. The van der Waals surface area contributed by atoms with Crippen molar-refractivity contribution in [3.05, 3.63) is 29.6 Å². The second kappa shape index (κ2) is 6.08. The summed E-state index contributed by atoms with van der Waals surface area (Å²) in [5, 5.41) is 2.59. The van der Waals surface area contributed by atoms with E-state index in [1.165, 1.54) is 12.1 Å². The van der Waals surface area contributed by atoms with Gasteiger partial charge in [0.05, 0.1) is 5.69 Å². The van der Waals surface area contributed by atoms with E-state index < -0.39 is 5.82 Å². The average Bonchev–Trinajstić information content (AvgIpc) is 2.41. The van der Waals surface area contributed by atoms with Crippen LogP contribution in [0.1, 0.15) is 18.4 Å². The highest BCUT2D eigenvalue weighted by Gasteiger charge is 2.22. The van der Waals surface area contributed by atoms with Gasteiger partial charge in [-0.25, -0.2) is 4.39 Å². The van der Waals surface area contributed by atoms with Crippen molar-refractivity contribution in [2.45, 2.75) is 12.8 Å². The molecule has 6 heteroatoms. The van der Waals surface area contributed by atoms with Gasteiger partial charge in [-0.3, -0.25) is 4.79 Å². The van der Waals surface area contributed by atoms with Crippen LogP contribution in [0.4, 0.5) is 10.1 Å². The van der Waals surface area contributed by atoms with Crippen LogP contribution >= 0.6 is 12.2 Å². The molecule has 1 aliphatic rings. The van der Waals surface area contributed by atoms with Crippen molar-refractivity contribution < 1.29 is 13.9 Å². The first-order chi connectivity index (χ1) is 9.08. The SMILES string of the molecule is NC(=S)c1ccc(NC(=O)C2CCOCC2)c(F)c1. The molecule has 1 amide bonds. The highest BCUT2D eigenvalue weighted by atomic mass is 32.1. The Hall–Kier alpha value is -1.53. The van der Waals surface area contributed by atoms with Gasteiger partial charge in [-0.15, -0.1) is 0 Å². The molecule has 102 valence electrons. The lowest BCUT2D eigenvalue weighted by atomic mass is 9.99. The lowest BCUT2D eigenvalue weighted by molar-refractivity contribution is -0.122. The van der Waals surface area contributed by atoms with E-state index in [2.05, 4.69) is 5.32 Å². The summed E-state index contributed by atoms with van der Waals surface area (Å²) in [5.41, 5.74) is 6.01. The molecule has 1 heterocycles. The van der Waals surface area contributed by atoms with Gasteiger partial charge in [0.1, 0.15) is 10.8 Å². The Bertz CT molecular complexity index is 501. The predicted molar refractivity (Wildman–Crippen MR) is 74.5 cm³/mol. The molecule has 0 atom stereocenters. The highest BCUT2D eigenvalue weighted by Crippen LogP contribution is 2.20. The molecule has 0 bridgehead atoms. The Balaban J connectivity index is 2.06. The number of thiocarbonyl (C=S) groups is 1. The van der Waals surface area contributed by atoms with Gasteiger partial charge in [-0.05, 0) is 31.0 Å². The van der Waals surface area contributed by atoms with E-state index in [9.17, 15) is 9.18 Å². The number of halogens is 1. The molecule has 4 nitrogen and oxygen atoms in total. The molecule has 1 aliphatic heterocycles. The molecular weight excluding hydrogens is 267 g/mol. The van der Waals surface area contributed by atoms with Crippen molar-refractivity contribution in [1.29, 1.82) is 0 Å². The van der Waals surface area contributed by atoms with Crippen LogP contribution < -0.4 is 11.1 Å². The molecule has 0 saturated carbocycles. The Kier molecular flexibility index (Phi) is 4.44. The summed E-state index contributed by atoms with van der Waals surface area (Å²) < 4.78 is 19.0. The minimum absolute atomic E-state index is 0.122. The largest absolute Gasteiger partial charge is 0.389 e. The zero-order valence-corrected chi connectivity index (χ0v) is 11.1. The monoisotopic (exact) mass is 282 g/mol. The van der Waals surface area contributed by atoms with Crippen LogP contribution in [0, 0.1) is 11.7 Å². The molecule has 0 aliphatic carbocycles. The van der Waals surface area contributed by atoms with Gasteiger partial charge in [0.25, 0.3) is 0 Å². The molecule has 2 rings (SSSR count). The fourth-order valence-corrected chi connectivity index (χ4v) is 2.09. The van der Waals surface area contributed by atoms with Gasteiger partial charge in [-0.1, -0.05) is 12.2 Å². The van der Waals surface area contributed by atoms with Crippen molar-refractivity contribution >= 4 is 28.8 Å². The second-order valence-corrected chi connectivity index (χ2v) is 4.87. The molecule has 1 saturated heterocycles. The topological polar surface area (TPSA) is 64.3 Å². The zero-order chi connectivity index (χ0) is 13.8. The van der Waals surface area contributed by atoms with E-state index in [1.54, 1.807) is 6.07 Å². The van der Waals surface area contributed by atoms with Crippen LogP contribution in [0.25, 0.3) is 0 Å². The Morgan fingerprint density at radius 2 is 2.11 bits per heavy atom. The molecule has 0 aromatic heterocycles. The molecule has 0 radical (unpaired) electrons. The normalized spacial score (nSPS) is 16.1. The number of carbonyl (C=O) groups is 1. The standard InChI is InChI=1S/C13H15FN2O2S/c14-10-7-9(12(15)19)1-2-11(10)16-13(17)8-3-5-18-6-4-8/h1-2,7-8H,3-6H2,(H2,15,19)(H,16,17). The number of amides is 1. The van der Waals surface area contributed by atoms with Gasteiger partial charge in [-0.2, -0.15) is 0 Å². The fourth-order valence-electron chi connectivity index (χ4n) is 1.96. The summed E-state index contributed by atoms with van der Waals surface area (Å²) in [7, 11) is 0. The maximum absolute atomic E-state index is 13.8. The second-order valence-electron chi connectivity index (χ2n) is 4.43. The van der Waals surface area contributed by atoms with Crippen LogP contribution in [-0.4, -0.2) is 24.1 Å². The maximum Gasteiger partial charge on any atom is 0.227 e. The smallest absolute Gasteiger partial charge is 0.227 e. The van der Waals surface area contributed by atoms with Crippen molar-refractivity contribution in [2.75, 3.05) is 18.5 Å². The summed E-state index contributed by atoms with van der Waals surface area (Å²) in [6.07, 6.45) is 1.33. The van der Waals surface area contributed by atoms with Gasteiger partial charge >= 0.3 is 0 Å². The van der Waals surface area contributed by atoms with E-state index in [1.807, 2.05) is 0 Å². The van der Waals surface area contributed by atoms with E-state index in [-0.39, 0.29) is 22.5 Å². The van der Waals surface area contributed by atoms with Gasteiger partial charge in [0, 0.05) is 24.7 Å². The van der Waals surface area contributed by atoms with Crippen molar-refractivity contribution in [3.8, 4) is 0 Å². The van der Waals surface area contributed by atoms with Crippen LogP contribution in [-0.2, 0) is 9.53 Å². The summed E-state index contributed by atoms with van der Waals surface area (Å²) in [4.78, 5) is 12.1. The highest BCUT2D eigenvalue weighted by molar-refractivity contribution is 7.80. The van der Waals surface area contributed by atoms with E-state index in [0.717, 1.165) is 0 Å². The zero-order valence-electron chi connectivity index (χ0n) is 10.3. The summed E-state index contributed by atoms with van der Waals surface area (Å²) in [6, 6.07) is 4.29. The summed E-state index contributed by atoms with van der Waals surface area (Å²) in [5.74, 6) is -0.834.